The van der Waals surface area contributed by atoms with E-state index in [1.807, 2.05) is 0 Å². The molecule has 1 aromatic carbocycles. The van der Waals surface area contributed by atoms with Crippen LogP contribution in [-0.2, 0) is 6.42 Å². The average molecular weight is 310 g/mol. The molecule has 0 bridgehead atoms. The van der Waals surface area contributed by atoms with Gasteiger partial charge in [0.1, 0.15) is 12.4 Å². The summed E-state index contributed by atoms with van der Waals surface area (Å²) in [5.74, 6) is 0.937. The van der Waals surface area contributed by atoms with E-state index in [4.69, 9.17) is 4.74 Å². The summed E-state index contributed by atoms with van der Waals surface area (Å²) < 4.78 is 6.53. The Hall–Kier alpha value is -0.800. The smallest absolute Gasteiger partial charge is 0.120 e. The minimum Gasteiger partial charge on any atom is -0.488 e. The highest BCUT2D eigenvalue weighted by Gasteiger charge is 2.19. The largest absolute Gasteiger partial charge is 0.488 e. The molecular weight excluding hydrogens is 290 g/mol. The number of hydrogen-bond donors (Lipinski definition) is 1. The van der Waals surface area contributed by atoms with Gasteiger partial charge in [0.2, 0.25) is 0 Å². The van der Waals surface area contributed by atoms with Gasteiger partial charge in [-0.2, -0.15) is 0 Å². The lowest BCUT2D eigenvalue weighted by atomic mass is 9.87. The van der Waals surface area contributed by atoms with E-state index in [2.05, 4.69) is 52.9 Å². The van der Waals surface area contributed by atoms with Crippen LogP contribution in [0.5, 0.6) is 5.75 Å². The molecule has 0 heterocycles. The molecule has 0 aromatic heterocycles. The zero-order valence-corrected chi connectivity index (χ0v) is 12.4. The Labute approximate surface area is 118 Å². The Kier molecular flexibility index (Phi) is 4.84. The van der Waals surface area contributed by atoms with Crippen LogP contribution in [0.3, 0.4) is 0 Å². The highest BCUT2D eigenvalue weighted by Crippen LogP contribution is 2.32. The van der Waals surface area contributed by atoms with E-state index < -0.39 is 0 Å². The summed E-state index contributed by atoms with van der Waals surface area (Å²) in [5, 5.41) is 3.55. The summed E-state index contributed by atoms with van der Waals surface area (Å²) in [6.45, 7) is 7.48. The molecule has 0 radical (unpaired) electrons. The molecule has 1 unspecified atom stereocenters. The molecule has 0 aliphatic heterocycles. The predicted octanol–water partition coefficient (Wildman–Crippen LogP) is 3.96. The van der Waals surface area contributed by atoms with Gasteiger partial charge in [-0.3, -0.25) is 0 Å². The highest BCUT2D eigenvalue weighted by atomic mass is 79.9. The molecule has 3 heteroatoms. The molecule has 1 aromatic rings. The van der Waals surface area contributed by atoms with Crippen molar-refractivity contribution >= 4 is 15.9 Å². The number of fused-ring (bicyclic) bond motifs is 1. The van der Waals surface area contributed by atoms with Gasteiger partial charge in [0.05, 0.1) is 0 Å². The first-order valence-electron chi connectivity index (χ1n) is 6.53. The van der Waals surface area contributed by atoms with Gasteiger partial charge in [0.25, 0.3) is 0 Å². The van der Waals surface area contributed by atoms with Gasteiger partial charge >= 0.3 is 0 Å². The zero-order chi connectivity index (χ0) is 13.0. The van der Waals surface area contributed by atoms with Crippen LogP contribution < -0.4 is 10.1 Å². The standard InChI is InChI=1S/C15H20BrNO/c1-3-17-15-6-4-5-12-9-13(7-8-14(12)15)18-10-11(2)16/h7-9,15,17H,2-6,10H2,1H3. The Balaban J connectivity index is 2.13. The molecule has 0 amide bonds. The van der Waals surface area contributed by atoms with Crippen molar-refractivity contribution in [2.24, 2.45) is 0 Å². The van der Waals surface area contributed by atoms with Gasteiger partial charge in [0.15, 0.2) is 0 Å². The van der Waals surface area contributed by atoms with E-state index in [0.29, 0.717) is 12.6 Å². The van der Waals surface area contributed by atoms with E-state index in [1.165, 1.54) is 24.0 Å². The number of ether oxygens (including phenoxy) is 1. The normalized spacial score (nSPS) is 18.2. The molecule has 1 aliphatic carbocycles. The van der Waals surface area contributed by atoms with Crippen molar-refractivity contribution < 1.29 is 4.74 Å². The van der Waals surface area contributed by atoms with Crippen LogP contribution in [0.1, 0.15) is 36.9 Å². The summed E-state index contributed by atoms with van der Waals surface area (Å²) in [6.07, 6.45) is 3.64. The lowest BCUT2D eigenvalue weighted by Crippen LogP contribution is -2.24. The molecule has 2 rings (SSSR count). The number of halogens is 1. The summed E-state index contributed by atoms with van der Waals surface area (Å²) in [5.41, 5.74) is 2.86. The Bertz CT molecular complexity index is 431. The quantitative estimate of drug-likeness (QED) is 0.889. The maximum absolute atomic E-state index is 5.66. The van der Waals surface area contributed by atoms with Gasteiger partial charge in [-0.15, -0.1) is 0 Å². The number of nitrogens with one attached hydrogen (secondary N) is 1. The summed E-state index contributed by atoms with van der Waals surface area (Å²) in [6, 6.07) is 6.95. The minimum absolute atomic E-state index is 0.513. The summed E-state index contributed by atoms with van der Waals surface area (Å²) in [7, 11) is 0. The fourth-order valence-corrected chi connectivity index (χ4v) is 2.62. The van der Waals surface area contributed by atoms with Crippen molar-refractivity contribution in [2.45, 2.75) is 32.2 Å². The van der Waals surface area contributed by atoms with Crippen molar-refractivity contribution in [1.82, 2.24) is 5.32 Å². The third kappa shape index (κ3) is 3.36. The van der Waals surface area contributed by atoms with Gasteiger partial charge in [0, 0.05) is 10.5 Å². The number of hydrogen-bond acceptors (Lipinski definition) is 2. The third-order valence-electron chi connectivity index (χ3n) is 3.27. The van der Waals surface area contributed by atoms with E-state index in [9.17, 15) is 0 Å². The number of aryl methyl sites for hydroxylation is 1. The van der Waals surface area contributed by atoms with Gasteiger partial charge in [-0.1, -0.05) is 35.5 Å². The predicted molar refractivity (Wildman–Crippen MR) is 79.4 cm³/mol. The molecule has 0 spiro atoms. The fraction of sp³-hybridized carbons (Fsp3) is 0.467. The second kappa shape index (κ2) is 6.39. The Morgan fingerprint density at radius 1 is 1.56 bits per heavy atom. The maximum atomic E-state index is 5.66. The second-order valence-electron chi connectivity index (χ2n) is 4.67. The van der Waals surface area contributed by atoms with Crippen molar-refractivity contribution in [3.63, 3.8) is 0 Å². The van der Waals surface area contributed by atoms with E-state index in [0.717, 1.165) is 23.2 Å². The van der Waals surface area contributed by atoms with Crippen LogP contribution in [0.2, 0.25) is 0 Å². The average Bonchev–Trinajstić information content (AvgIpc) is 2.37. The molecule has 1 N–H and O–H groups in total. The summed E-state index contributed by atoms with van der Waals surface area (Å²) in [4.78, 5) is 0. The first-order valence-corrected chi connectivity index (χ1v) is 7.32. The van der Waals surface area contributed by atoms with Crippen molar-refractivity contribution in [1.29, 1.82) is 0 Å². The lowest BCUT2D eigenvalue weighted by molar-refractivity contribution is 0.359. The van der Waals surface area contributed by atoms with Gasteiger partial charge in [-0.05, 0) is 49.1 Å². The minimum atomic E-state index is 0.513. The number of benzene rings is 1. The molecule has 1 aliphatic rings. The zero-order valence-electron chi connectivity index (χ0n) is 10.8. The van der Waals surface area contributed by atoms with E-state index in [1.54, 1.807) is 0 Å². The van der Waals surface area contributed by atoms with E-state index >= 15 is 0 Å². The Morgan fingerprint density at radius 3 is 3.11 bits per heavy atom. The van der Waals surface area contributed by atoms with Crippen molar-refractivity contribution in [3.05, 3.63) is 40.4 Å². The third-order valence-corrected chi connectivity index (χ3v) is 3.50. The van der Waals surface area contributed by atoms with Crippen LogP contribution >= 0.6 is 15.9 Å². The molecule has 0 saturated carbocycles. The molecule has 2 nitrogen and oxygen atoms in total. The Morgan fingerprint density at radius 2 is 2.39 bits per heavy atom. The van der Waals surface area contributed by atoms with Crippen LogP contribution in [0.15, 0.2) is 29.3 Å². The van der Waals surface area contributed by atoms with Crippen LogP contribution in [-0.4, -0.2) is 13.2 Å². The fourth-order valence-electron chi connectivity index (χ4n) is 2.50. The molecule has 0 saturated heterocycles. The molecule has 1 atom stereocenters. The van der Waals surface area contributed by atoms with Crippen molar-refractivity contribution in [2.75, 3.05) is 13.2 Å². The topological polar surface area (TPSA) is 21.3 Å². The van der Waals surface area contributed by atoms with Crippen molar-refractivity contribution in [3.8, 4) is 5.75 Å². The maximum Gasteiger partial charge on any atom is 0.120 e. The molecule has 98 valence electrons. The van der Waals surface area contributed by atoms with E-state index in [-0.39, 0.29) is 0 Å². The molecule has 18 heavy (non-hydrogen) atoms. The molecular formula is C15H20BrNO. The van der Waals surface area contributed by atoms with Crippen LogP contribution in [0, 0.1) is 0 Å². The van der Waals surface area contributed by atoms with Crippen LogP contribution in [0.4, 0.5) is 0 Å². The molecule has 0 fully saturated rings. The first kappa shape index (κ1) is 13.6. The van der Waals surface area contributed by atoms with Crippen LogP contribution in [0.25, 0.3) is 0 Å². The second-order valence-corrected chi connectivity index (χ2v) is 5.79. The summed E-state index contributed by atoms with van der Waals surface area (Å²) >= 11 is 3.31. The van der Waals surface area contributed by atoms with Gasteiger partial charge < -0.3 is 10.1 Å². The lowest BCUT2D eigenvalue weighted by Gasteiger charge is -2.26. The monoisotopic (exact) mass is 309 g/mol. The first-order chi connectivity index (χ1) is 8.70. The number of rotatable bonds is 5. The SMILES string of the molecule is C=C(Br)COc1ccc2c(c1)CCCC2NCC. The van der Waals surface area contributed by atoms with Gasteiger partial charge in [-0.25, -0.2) is 0 Å². The highest BCUT2D eigenvalue weighted by molar-refractivity contribution is 9.11.